The molecule has 3 N–H and O–H groups in total. The molecule has 0 aliphatic rings. The van der Waals surface area contributed by atoms with E-state index < -0.39 is 5.60 Å². The fraction of sp³-hybridized carbons (Fsp3) is 0.714. The number of rotatable bonds is 5. The van der Waals surface area contributed by atoms with Crippen molar-refractivity contribution in [3.8, 4) is 0 Å². The van der Waals surface area contributed by atoms with Crippen molar-refractivity contribution >= 4 is 6.03 Å². The van der Waals surface area contributed by atoms with Crippen LogP contribution >= 0.6 is 0 Å². The predicted molar refractivity (Wildman–Crippen MR) is 76.4 cm³/mol. The van der Waals surface area contributed by atoms with Crippen LogP contribution in [0.4, 0.5) is 4.79 Å². The summed E-state index contributed by atoms with van der Waals surface area (Å²) in [5.41, 5.74) is 0.726. The van der Waals surface area contributed by atoms with E-state index >= 15 is 0 Å². The molecule has 1 rings (SSSR count). The summed E-state index contributed by atoms with van der Waals surface area (Å²) in [6, 6.07) is -0.524. The third-order valence-electron chi connectivity index (χ3n) is 3.72. The Hall–Kier alpha value is -1.56. The number of carbonyl (C=O) groups excluding carboxylic acids is 1. The van der Waals surface area contributed by atoms with Gasteiger partial charge in [0.1, 0.15) is 5.76 Å². The summed E-state index contributed by atoms with van der Waals surface area (Å²) in [6.45, 7) is 11.2. The van der Waals surface area contributed by atoms with Crippen LogP contribution in [-0.4, -0.2) is 28.4 Å². The van der Waals surface area contributed by atoms with Gasteiger partial charge in [-0.3, -0.25) is 0 Å². The highest BCUT2D eigenvalue weighted by Crippen LogP contribution is 2.20. The molecule has 0 saturated carbocycles. The summed E-state index contributed by atoms with van der Waals surface area (Å²) in [7, 11) is 0. The average molecular weight is 283 g/mol. The van der Waals surface area contributed by atoms with Gasteiger partial charge in [-0.25, -0.2) is 4.79 Å². The van der Waals surface area contributed by atoms with Crippen LogP contribution in [0.2, 0.25) is 0 Å². The number of nitrogens with one attached hydrogen (secondary N) is 2. The van der Waals surface area contributed by atoms with Gasteiger partial charge in [-0.05, 0) is 33.6 Å². The number of hydrogen-bond donors (Lipinski definition) is 3. The van der Waals surface area contributed by atoms with Crippen molar-refractivity contribution in [1.82, 2.24) is 15.8 Å². The molecule has 0 aliphatic heterocycles. The van der Waals surface area contributed by atoms with Crippen molar-refractivity contribution in [1.29, 1.82) is 0 Å². The molecule has 1 aromatic heterocycles. The second-order valence-corrected chi connectivity index (χ2v) is 5.80. The Morgan fingerprint density at radius 1 is 1.40 bits per heavy atom. The highest BCUT2D eigenvalue weighted by molar-refractivity contribution is 5.74. The fourth-order valence-electron chi connectivity index (χ4n) is 1.89. The lowest BCUT2D eigenvalue weighted by Gasteiger charge is -2.28. The maximum atomic E-state index is 11.9. The zero-order chi connectivity index (χ0) is 15.5. The van der Waals surface area contributed by atoms with Gasteiger partial charge in [0.2, 0.25) is 0 Å². The van der Waals surface area contributed by atoms with E-state index in [0.717, 1.165) is 11.3 Å². The number of aryl methyl sites for hydroxylation is 2. The van der Waals surface area contributed by atoms with Gasteiger partial charge in [0.25, 0.3) is 0 Å². The van der Waals surface area contributed by atoms with Crippen LogP contribution in [0.25, 0.3) is 0 Å². The van der Waals surface area contributed by atoms with Gasteiger partial charge in [0, 0.05) is 12.1 Å². The molecule has 0 fully saturated rings. The maximum Gasteiger partial charge on any atom is 0.315 e. The Bertz CT molecular complexity index is 447. The van der Waals surface area contributed by atoms with Gasteiger partial charge in [-0.2, -0.15) is 0 Å². The minimum atomic E-state index is -0.927. The first-order chi connectivity index (χ1) is 9.15. The van der Waals surface area contributed by atoms with Gasteiger partial charge < -0.3 is 20.3 Å². The average Bonchev–Trinajstić information content (AvgIpc) is 2.66. The topological polar surface area (TPSA) is 87.4 Å². The van der Waals surface area contributed by atoms with Crippen LogP contribution in [0.15, 0.2) is 4.52 Å². The smallest absolute Gasteiger partial charge is 0.315 e. The molecular formula is C14H25N3O3. The Labute approximate surface area is 119 Å². The number of carbonyl (C=O) groups is 1. The van der Waals surface area contributed by atoms with Crippen LogP contribution < -0.4 is 10.6 Å². The van der Waals surface area contributed by atoms with E-state index in [1.807, 2.05) is 34.6 Å². The number of urea groups is 1. The molecule has 20 heavy (non-hydrogen) atoms. The lowest BCUT2D eigenvalue weighted by molar-refractivity contribution is 0.0165. The van der Waals surface area contributed by atoms with E-state index in [1.54, 1.807) is 6.92 Å². The highest BCUT2D eigenvalue weighted by Gasteiger charge is 2.26. The quantitative estimate of drug-likeness (QED) is 0.772. The number of amides is 2. The summed E-state index contributed by atoms with van der Waals surface area (Å²) in [6.07, 6.45) is 0. The van der Waals surface area contributed by atoms with Crippen LogP contribution in [-0.2, 0) is 0 Å². The van der Waals surface area contributed by atoms with Gasteiger partial charge >= 0.3 is 6.03 Å². The molecule has 114 valence electrons. The molecule has 0 saturated heterocycles. The zero-order valence-electron chi connectivity index (χ0n) is 13.1. The number of aromatic nitrogens is 1. The van der Waals surface area contributed by atoms with E-state index in [4.69, 9.17) is 4.52 Å². The van der Waals surface area contributed by atoms with Gasteiger partial charge in [0.15, 0.2) is 0 Å². The van der Waals surface area contributed by atoms with Crippen LogP contribution in [0.5, 0.6) is 0 Å². The number of hydrogen-bond acceptors (Lipinski definition) is 4. The fourth-order valence-corrected chi connectivity index (χ4v) is 1.89. The largest absolute Gasteiger partial charge is 0.388 e. The molecule has 1 aromatic rings. The first kappa shape index (κ1) is 16.5. The molecule has 0 spiro atoms. The molecule has 2 amide bonds. The number of aliphatic hydroxyl groups is 1. The minimum absolute atomic E-state index is 0.0581. The monoisotopic (exact) mass is 283 g/mol. The lowest BCUT2D eigenvalue weighted by atomic mass is 9.93. The molecule has 2 atom stereocenters. The van der Waals surface area contributed by atoms with Crippen molar-refractivity contribution in [2.45, 2.75) is 53.2 Å². The Balaban J connectivity index is 2.55. The third kappa shape index (κ3) is 3.96. The summed E-state index contributed by atoms with van der Waals surface area (Å²) in [4.78, 5) is 11.9. The second-order valence-electron chi connectivity index (χ2n) is 5.80. The van der Waals surface area contributed by atoms with Crippen molar-refractivity contribution in [3.05, 3.63) is 17.0 Å². The van der Waals surface area contributed by atoms with Crippen molar-refractivity contribution < 1.29 is 14.4 Å². The maximum absolute atomic E-state index is 11.9. The van der Waals surface area contributed by atoms with E-state index in [0.29, 0.717) is 5.76 Å². The predicted octanol–water partition coefficient (Wildman–Crippen LogP) is 2.06. The molecule has 0 aromatic carbocycles. The Morgan fingerprint density at radius 2 is 2.00 bits per heavy atom. The van der Waals surface area contributed by atoms with E-state index in [-0.39, 0.29) is 24.5 Å². The molecule has 0 aliphatic carbocycles. The van der Waals surface area contributed by atoms with E-state index in [1.165, 1.54) is 0 Å². The van der Waals surface area contributed by atoms with Crippen LogP contribution in [0.3, 0.4) is 0 Å². The minimum Gasteiger partial charge on any atom is -0.388 e. The van der Waals surface area contributed by atoms with Crippen molar-refractivity contribution in [2.75, 3.05) is 6.54 Å². The van der Waals surface area contributed by atoms with Crippen molar-refractivity contribution in [2.24, 2.45) is 5.92 Å². The molecule has 1 heterocycles. The number of nitrogens with zero attached hydrogens (tertiary/aromatic N) is 1. The van der Waals surface area contributed by atoms with Crippen LogP contribution in [0, 0.1) is 19.8 Å². The third-order valence-corrected chi connectivity index (χ3v) is 3.72. The zero-order valence-corrected chi connectivity index (χ0v) is 13.1. The SMILES string of the molecule is Cc1noc(C)c1C(C)NC(=O)NCC(C)(O)C(C)C. The molecule has 0 bridgehead atoms. The first-order valence-electron chi connectivity index (χ1n) is 6.84. The molecule has 6 heteroatoms. The first-order valence-corrected chi connectivity index (χ1v) is 6.84. The lowest BCUT2D eigenvalue weighted by Crippen LogP contribution is -2.47. The van der Waals surface area contributed by atoms with E-state index in [9.17, 15) is 9.90 Å². The summed E-state index contributed by atoms with van der Waals surface area (Å²) < 4.78 is 5.08. The second kappa shape index (κ2) is 6.26. The van der Waals surface area contributed by atoms with E-state index in [2.05, 4.69) is 15.8 Å². The van der Waals surface area contributed by atoms with Gasteiger partial charge in [-0.15, -0.1) is 0 Å². The molecule has 6 nitrogen and oxygen atoms in total. The standard InChI is InChI=1S/C14H25N3O3/c1-8(2)14(6,19)7-15-13(18)16-9(3)12-10(4)17-20-11(12)5/h8-9,19H,7H2,1-6H3,(H2,15,16,18). The van der Waals surface area contributed by atoms with Gasteiger partial charge in [-0.1, -0.05) is 19.0 Å². The molecule has 0 radical (unpaired) electrons. The Morgan fingerprint density at radius 3 is 2.45 bits per heavy atom. The van der Waals surface area contributed by atoms with Gasteiger partial charge in [0.05, 0.1) is 17.3 Å². The Kier molecular flexibility index (Phi) is 5.16. The van der Waals surface area contributed by atoms with Crippen molar-refractivity contribution in [3.63, 3.8) is 0 Å². The normalized spacial score (nSPS) is 15.8. The summed E-state index contributed by atoms with van der Waals surface area (Å²) >= 11 is 0. The summed E-state index contributed by atoms with van der Waals surface area (Å²) in [5.74, 6) is 0.757. The molecule has 2 unspecified atom stereocenters. The summed E-state index contributed by atoms with van der Waals surface area (Å²) in [5, 5.41) is 19.4. The highest BCUT2D eigenvalue weighted by atomic mass is 16.5. The molecular weight excluding hydrogens is 258 g/mol. The van der Waals surface area contributed by atoms with Crippen LogP contribution in [0.1, 0.15) is 50.8 Å².